The van der Waals surface area contributed by atoms with Gasteiger partial charge in [-0.1, -0.05) is 35.9 Å². The minimum Gasteiger partial charge on any atom is -0.490 e. The van der Waals surface area contributed by atoms with Crippen LogP contribution in [0.25, 0.3) is 33.3 Å². The van der Waals surface area contributed by atoms with Crippen molar-refractivity contribution in [2.45, 2.75) is 102 Å². The predicted octanol–water partition coefficient (Wildman–Crippen LogP) is 8.16. The first-order chi connectivity index (χ1) is 26.9. The number of hydrogen-bond donors (Lipinski definition) is 2. The Morgan fingerprint density at radius 1 is 0.643 bits per heavy atom. The molecular formula is C42H48BClN8O4. The summed E-state index contributed by atoms with van der Waals surface area (Å²) in [6, 6.07) is 23.5. The maximum atomic E-state index is 6.10. The molecule has 3 aliphatic rings. The zero-order chi connectivity index (χ0) is 39.3. The number of rotatable bonds is 6. The fourth-order valence-corrected chi connectivity index (χ4v) is 7.04. The Balaban J connectivity index is 0.000000135. The number of pyridine rings is 2. The van der Waals surface area contributed by atoms with Crippen LogP contribution >= 0.6 is 11.6 Å². The fraction of sp³-hybridized carbons (Fsp3) is 0.381. The van der Waals surface area contributed by atoms with Gasteiger partial charge in [0.05, 0.1) is 40.1 Å². The number of nitrogens with zero attached hydrogens (tertiary/aromatic N) is 6. The molecule has 0 bridgehead atoms. The van der Waals surface area contributed by atoms with Crippen molar-refractivity contribution in [1.29, 1.82) is 0 Å². The van der Waals surface area contributed by atoms with E-state index in [0.29, 0.717) is 45.5 Å². The van der Waals surface area contributed by atoms with Gasteiger partial charge in [-0.15, -0.1) is 0 Å². The first kappa shape index (κ1) is 39.1. The predicted molar refractivity (Wildman–Crippen MR) is 222 cm³/mol. The number of nitrogens with two attached hydrogens (primary N) is 2. The molecule has 4 aromatic heterocycles. The molecular weight excluding hydrogens is 727 g/mol. The van der Waals surface area contributed by atoms with Gasteiger partial charge in [0.25, 0.3) is 0 Å². The largest absolute Gasteiger partial charge is 0.494 e. The zero-order valence-corrected chi connectivity index (χ0v) is 33.1. The molecule has 14 heteroatoms. The van der Waals surface area contributed by atoms with E-state index < -0.39 is 0 Å². The minimum atomic E-state index is -0.317. The molecule has 3 fully saturated rings. The van der Waals surface area contributed by atoms with Crippen LogP contribution in [0.15, 0.2) is 85.5 Å². The Bertz CT molecular complexity index is 2270. The molecule has 290 valence electrons. The van der Waals surface area contributed by atoms with Gasteiger partial charge in [0, 0.05) is 5.56 Å². The average Bonchev–Trinajstić information content (AvgIpc) is 3.95. The van der Waals surface area contributed by atoms with Gasteiger partial charge in [0.15, 0.2) is 11.6 Å². The summed E-state index contributed by atoms with van der Waals surface area (Å²) in [5.41, 5.74) is 16.4. The molecule has 6 aromatic rings. The van der Waals surface area contributed by atoms with Crippen LogP contribution in [0.4, 0.5) is 11.6 Å². The quantitative estimate of drug-likeness (QED) is 0.123. The lowest BCUT2D eigenvalue weighted by molar-refractivity contribution is 0.00578. The van der Waals surface area contributed by atoms with Crippen LogP contribution in [-0.2, 0) is 9.31 Å². The molecule has 1 saturated heterocycles. The number of halogens is 1. The Morgan fingerprint density at radius 3 is 1.75 bits per heavy atom. The number of fused-ring (bicyclic) bond motifs is 2. The van der Waals surface area contributed by atoms with Crippen molar-refractivity contribution in [3.8, 4) is 22.8 Å². The Kier molecular flexibility index (Phi) is 11.8. The van der Waals surface area contributed by atoms with Crippen molar-refractivity contribution in [3.05, 3.63) is 90.6 Å². The second kappa shape index (κ2) is 16.9. The van der Waals surface area contributed by atoms with E-state index in [1.54, 1.807) is 12.1 Å². The molecule has 2 aromatic carbocycles. The van der Waals surface area contributed by atoms with Crippen LogP contribution in [0.2, 0.25) is 5.15 Å². The lowest BCUT2D eigenvalue weighted by Crippen LogP contribution is -2.41. The van der Waals surface area contributed by atoms with Crippen LogP contribution in [0.1, 0.15) is 79.1 Å². The van der Waals surface area contributed by atoms with Crippen molar-refractivity contribution in [3.63, 3.8) is 0 Å². The lowest BCUT2D eigenvalue weighted by atomic mass is 9.79. The Labute approximate surface area is 332 Å². The van der Waals surface area contributed by atoms with Gasteiger partial charge in [-0.05, 0) is 133 Å². The third-order valence-corrected chi connectivity index (χ3v) is 10.9. The summed E-state index contributed by atoms with van der Waals surface area (Å²) in [6.07, 6.45) is 13.3. The summed E-state index contributed by atoms with van der Waals surface area (Å²) in [5.74, 6) is 2.57. The number of nitrogen functional groups attached to an aromatic ring is 2. The highest BCUT2D eigenvalue weighted by molar-refractivity contribution is 6.62. The number of hydrogen-bond acceptors (Lipinski definition) is 12. The zero-order valence-electron chi connectivity index (χ0n) is 32.3. The summed E-state index contributed by atoms with van der Waals surface area (Å²) in [6.45, 7) is 8.30. The van der Waals surface area contributed by atoms with E-state index in [1.807, 2.05) is 54.6 Å². The van der Waals surface area contributed by atoms with E-state index >= 15 is 0 Å². The van der Waals surface area contributed by atoms with Crippen molar-refractivity contribution in [2.75, 3.05) is 11.5 Å². The summed E-state index contributed by atoms with van der Waals surface area (Å²) < 4.78 is 24.3. The van der Waals surface area contributed by atoms with Crippen LogP contribution in [-0.4, -0.2) is 60.4 Å². The molecule has 9 rings (SSSR count). The summed E-state index contributed by atoms with van der Waals surface area (Å²) in [5, 5.41) is 0.393. The number of ether oxygens (including phenoxy) is 2. The van der Waals surface area contributed by atoms with Gasteiger partial charge >= 0.3 is 7.12 Å². The van der Waals surface area contributed by atoms with Crippen LogP contribution in [0, 0.1) is 0 Å². The van der Waals surface area contributed by atoms with Gasteiger partial charge in [-0.3, -0.25) is 0 Å². The first-order valence-electron chi connectivity index (χ1n) is 19.2. The van der Waals surface area contributed by atoms with Gasteiger partial charge < -0.3 is 30.2 Å². The normalized spacial score (nSPS) is 17.6. The number of anilines is 2. The maximum Gasteiger partial charge on any atom is 0.494 e. The van der Waals surface area contributed by atoms with Crippen molar-refractivity contribution < 1.29 is 18.8 Å². The molecule has 0 unspecified atom stereocenters. The van der Waals surface area contributed by atoms with Gasteiger partial charge in [0.2, 0.25) is 0 Å². The molecule has 56 heavy (non-hydrogen) atoms. The minimum absolute atomic E-state index is 0.306. The van der Waals surface area contributed by atoms with E-state index in [2.05, 4.69) is 63.7 Å². The second-order valence-electron chi connectivity index (χ2n) is 15.3. The molecule has 1 aliphatic heterocycles. The summed E-state index contributed by atoms with van der Waals surface area (Å²) in [7, 11) is -0.317. The van der Waals surface area contributed by atoms with E-state index in [0.717, 1.165) is 46.6 Å². The topological polar surface area (TPSA) is 166 Å². The Morgan fingerprint density at radius 2 is 1.16 bits per heavy atom. The highest BCUT2D eigenvalue weighted by Gasteiger charge is 2.51. The lowest BCUT2D eigenvalue weighted by Gasteiger charge is -2.32. The van der Waals surface area contributed by atoms with E-state index in [1.165, 1.54) is 51.2 Å². The highest BCUT2D eigenvalue weighted by Crippen LogP contribution is 2.37. The molecule has 0 radical (unpaired) electrons. The van der Waals surface area contributed by atoms with Crippen LogP contribution in [0.3, 0.4) is 0 Å². The molecule has 5 heterocycles. The van der Waals surface area contributed by atoms with E-state index in [9.17, 15) is 0 Å². The summed E-state index contributed by atoms with van der Waals surface area (Å²) in [4.78, 5) is 24.6. The molecule has 12 nitrogen and oxygen atoms in total. The number of benzene rings is 2. The fourth-order valence-electron chi connectivity index (χ4n) is 6.89. The van der Waals surface area contributed by atoms with Gasteiger partial charge in [0.1, 0.15) is 40.3 Å². The molecule has 0 amide bonds. The maximum absolute atomic E-state index is 6.10. The average molecular weight is 775 g/mol. The smallest absolute Gasteiger partial charge is 0.490 e. The molecule has 2 saturated carbocycles. The van der Waals surface area contributed by atoms with E-state index in [4.69, 9.17) is 41.9 Å². The molecule has 4 N–H and O–H groups in total. The third-order valence-electron chi connectivity index (χ3n) is 10.7. The van der Waals surface area contributed by atoms with Crippen LogP contribution < -0.4 is 26.4 Å². The molecule has 2 aliphatic carbocycles. The highest BCUT2D eigenvalue weighted by atomic mass is 35.5. The van der Waals surface area contributed by atoms with Crippen molar-refractivity contribution in [1.82, 2.24) is 29.9 Å². The van der Waals surface area contributed by atoms with Gasteiger partial charge in [-0.25, -0.2) is 29.9 Å². The number of aromatic nitrogens is 6. The monoisotopic (exact) mass is 774 g/mol. The standard InChI is InChI=1S/C18H18N4O.C17H25BO3.C7H5ClN4/c19-18-17-16(20-11-21-18)9-8-15(22-17)12-4-3-7-14(10-12)23-13-5-1-2-6-13;1-16(2)17(3,4)21-18(20-16)13-8-7-11-15(12-13)19-14-9-5-6-10-14;8-5-2-1-4-6(12-5)7(9)11-3-10-4/h3-4,7-11,13H,1-2,5-6H2,(H2,19,20,21);7-8,11-12,14H,5-6,9-10H2,1-4H3;1-3H,(H2,9,10,11). The van der Waals surface area contributed by atoms with E-state index in [-0.39, 0.29) is 18.3 Å². The second-order valence-corrected chi connectivity index (χ2v) is 15.7. The molecule has 0 atom stereocenters. The van der Waals surface area contributed by atoms with Crippen LogP contribution in [0.5, 0.6) is 11.5 Å². The summed E-state index contributed by atoms with van der Waals surface area (Å²) >= 11 is 5.67. The first-order valence-corrected chi connectivity index (χ1v) is 19.6. The van der Waals surface area contributed by atoms with Gasteiger partial charge in [-0.2, -0.15) is 0 Å². The Hall–Kier alpha value is -5.11. The van der Waals surface area contributed by atoms with Crippen molar-refractivity contribution >= 4 is 57.9 Å². The SMILES string of the molecule is CC1(C)OB(c2cccc(OC3CCCC3)c2)OC1(C)C.Nc1ncnc2ccc(-c3cccc(OC4CCCC4)c3)nc12.Nc1ncnc2ccc(Cl)nc12. The molecule has 0 spiro atoms. The van der Waals surface area contributed by atoms with Crippen molar-refractivity contribution in [2.24, 2.45) is 0 Å². The third kappa shape index (κ3) is 9.29.